The molecule has 0 N–H and O–H groups in total. The van der Waals surface area contributed by atoms with Crippen LogP contribution in [-0.2, 0) is 6.54 Å². The number of benzene rings is 3. The molecule has 0 amide bonds. The number of hydrogen-bond acceptors (Lipinski definition) is 1. The van der Waals surface area contributed by atoms with Crippen LogP contribution in [0.4, 0.5) is 5.69 Å². The minimum absolute atomic E-state index is 0.566. The van der Waals surface area contributed by atoms with E-state index in [2.05, 4.69) is 116 Å². The van der Waals surface area contributed by atoms with Crippen molar-refractivity contribution < 1.29 is 0 Å². The molecule has 0 spiro atoms. The van der Waals surface area contributed by atoms with Gasteiger partial charge >= 0.3 is 0 Å². The number of nitrogens with zero attached hydrogens (tertiary/aromatic N) is 1. The van der Waals surface area contributed by atoms with E-state index in [-0.39, 0.29) is 0 Å². The second-order valence-electron chi connectivity index (χ2n) is 9.42. The molecule has 0 saturated heterocycles. The Kier molecular flexibility index (Phi) is 8.20. The third kappa shape index (κ3) is 6.17. The lowest BCUT2D eigenvalue weighted by atomic mass is 9.86. The Morgan fingerprint density at radius 3 is 2.26 bits per heavy atom. The van der Waals surface area contributed by atoms with Gasteiger partial charge in [-0.1, -0.05) is 124 Å². The zero-order valence-electron chi connectivity index (χ0n) is 20.5. The second kappa shape index (κ2) is 11.7. The zero-order valence-corrected chi connectivity index (χ0v) is 20.5. The summed E-state index contributed by atoms with van der Waals surface area (Å²) in [7, 11) is 0. The van der Waals surface area contributed by atoms with Gasteiger partial charge in [0.15, 0.2) is 0 Å². The van der Waals surface area contributed by atoms with E-state index in [0.29, 0.717) is 5.92 Å². The van der Waals surface area contributed by atoms with E-state index < -0.39 is 0 Å². The van der Waals surface area contributed by atoms with Crippen molar-refractivity contribution in [3.63, 3.8) is 0 Å². The fourth-order valence-corrected chi connectivity index (χ4v) is 4.76. The lowest BCUT2D eigenvalue weighted by Crippen LogP contribution is -2.27. The third-order valence-electron chi connectivity index (χ3n) is 6.97. The van der Waals surface area contributed by atoms with Crippen molar-refractivity contribution in [1.29, 1.82) is 0 Å². The first kappa shape index (κ1) is 23.8. The van der Waals surface area contributed by atoms with Crippen LogP contribution in [0, 0.1) is 5.92 Å². The molecule has 0 radical (unpaired) electrons. The zero-order chi connectivity index (χ0) is 23.8. The molecule has 34 heavy (non-hydrogen) atoms. The largest absolute Gasteiger partial charge is 0.341 e. The van der Waals surface area contributed by atoms with Gasteiger partial charge in [0, 0.05) is 17.9 Å². The molecule has 0 atom stereocenters. The second-order valence-corrected chi connectivity index (χ2v) is 9.42. The van der Waals surface area contributed by atoms with Gasteiger partial charge in [0.1, 0.15) is 0 Å². The molecule has 174 valence electrons. The Morgan fingerprint density at radius 1 is 0.853 bits per heavy atom. The third-order valence-corrected chi connectivity index (χ3v) is 6.97. The summed E-state index contributed by atoms with van der Waals surface area (Å²) in [6.45, 7) is 11.7. The van der Waals surface area contributed by atoms with Gasteiger partial charge in [-0.3, -0.25) is 0 Å². The summed E-state index contributed by atoms with van der Waals surface area (Å²) < 4.78 is 0. The van der Waals surface area contributed by atoms with Crippen molar-refractivity contribution >= 4 is 11.8 Å². The molecule has 1 aliphatic rings. The summed E-state index contributed by atoms with van der Waals surface area (Å²) in [5, 5.41) is 0. The van der Waals surface area contributed by atoms with Gasteiger partial charge in [0.2, 0.25) is 0 Å². The summed E-state index contributed by atoms with van der Waals surface area (Å²) in [5.41, 5.74) is 8.63. The van der Waals surface area contributed by atoms with E-state index in [1.807, 2.05) is 0 Å². The first-order valence-electron chi connectivity index (χ1n) is 12.7. The molecular weight excluding hydrogens is 410 g/mol. The normalized spacial score (nSPS) is 14.3. The van der Waals surface area contributed by atoms with Crippen LogP contribution in [0.15, 0.2) is 109 Å². The summed E-state index contributed by atoms with van der Waals surface area (Å²) in [5.74, 6) is 0.566. The molecule has 1 nitrogen and oxygen atoms in total. The first-order chi connectivity index (χ1) is 16.6. The quantitative estimate of drug-likeness (QED) is 0.295. The van der Waals surface area contributed by atoms with Crippen LogP contribution in [0.3, 0.4) is 0 Å². The van der Waals surface area contributed by atoms with Crippen LogP contribution in [0.25, 0.3) is 17.2 Å². The van der Waals surface area contributed by atoms with Crippen LogP contribution in [0.5, 0.6) is 0 Å². The smallest absolute Gasteiger partial charge is 0.0478 e. The van der Waals surface area contributed by atoms with Crippen molar-refractivity contribution in [2.45, 2.75) is 52.0 Å². The fraction of sp³-hybridized carbons (Fsp3) is 0.273. The van der Waals surface area contributed by atoms with Gasteiger partial charge < -0.3 is 4.90 Å². The predicted octanol–water partition coefficient (Wildman–Crippen LogP) is 9.43. The monoisotopic (exact) mass is 447 g/mol. The number of allylic oxidation sites excluding steroid dienone is 3. The highest BCUT2D eigenvalue weighted by Gasteiger charge is 2.22. The highest BCUT2D eigenvalue weighted by molar-refractivity contribution is 5.64. The van der Waals surface area contributed by atoms with Crippen LogP contribution in [0.2, 0.25) is 0 Å². The van der Waals surface area contributed by atoms with Gasteiger partial charge in [-0.2, -0.15) is 0 Å². The van der Waals surface area contributed by atoms with E-state index in [4.69, 9.17) is 0 Å². The molecule has 3 aromatic carbocycles. The lowest BCUT2D eigenvalue weighted by Gasteiger charge is -2.34. The van der Waals surface area contributed by atoms with E-state index in [0.717, 1.165) is 18.5 Å². The maximum absolute atomic E-state index is 4.63. The minimum Gasteiger partial charge on any atom is -0.341 e. The molecule has 0 heterocycles. The number of hydrogen-bond donors (Lipinski definition) is 0. The Balaban J connectivity index is 1.60. The molecule has 1 aliphatic carbocycles. The van der Waals surface area contributed by atoms with Crippen molar-refractivity contribution in [3.8, 4) is 11.1 Å². The number of anilines is 1. The summed E-state index contributed by atoms with van der Waals surface area (Å²) in [6.07, 6.45) is 11.7. The van der Waals surface area contributed by atoms with Crippen LogP contribution in [-0.4, -0.2) is 0 Å². The average molecular weight is 448 g/mol. The van der Waals surface area contributed by atoms with E-state index in [1.165, 1.54) is 65.7 Å². The highest BCUT2D eigenvalue weighted by Crippen LogP contribution is 2.34. The van der Waals surface area contributed by atoms with Crippen molar-refractivity contribution in [3.05, 3.63) is 120 Å². The summed E-state index contributed by atoms with van der Waals surface area (Å²) in [6, 6.07) is 28.4. The molecule has 0 unspecified atom stereocenters. The molecule has 0 aliphatic heterocycles. The van der Waals surface area contributed by atoms with Gasteiger partial charge in [-0.05, 0) is 59.6 Å². The van der Waals surface area contributed by atoms with Gasteiger partial charge in [-0.25, -0.2) is 0 Å². The molecule has 4 rings (SSSR count). The van der Waals surface area contributed by atoms with Gasteiger partial charge in [0.05, 0.1) is 0 Å². The first-order valence-corrected chi connectivity index (χ1v) is 12.7. The Bertz CT molecular complexity index is 1110. The molecule has 1 fully saturated rings. The van der Waals surface area contributed by atoms with E-state index in [1.54, 1.807) is 0 Å². The van der Waals surface area contributed by atoms with Gasteiger partial charge in [0.25, 0.3) is 0 Å². The van der Waals surface area contributed by atoms with E-state index in [9.17, 15) is 0 Å². The van der Waals surface area contributed by atoms with E-state index >= 15 is 0 Å². The summed E-state index contributed by atoms with van der Waals surface area (Å²) >= 11 is 0. The Labute approximate surface area is 206 Å². The lowest BCUT2D eigenvalue weighted by molar-refractivity contribution is 0.396. The van der Waals surface area contributed by atoms with Crippen molar-refractivity contribution in [2.75, 3.05) is 4.90 Å². The molecule has 0 aromatic heterocycles. The fourth-order valence-electron chi connectivity index (χ4n) is 4.76. The standard InChI is InChI=1S/C33H37N/c1-4-26(2)18-19-28-12-11-17-33(24-28)34(27(3)30-13-7-5-8-14-30)25-29-20-22-32(23-21-29)31-15-9-6-10-16-31/h6,9-12,15-24,30H,2-5,7-8,13-14,25H2,1H3/b19-18+. The molecule has 1 heteroatoms. The maximum Gasteiger partial charge on any atom is 0.0478 e. The molecular formula is C33H37N. The maximum atomic E-state index is 4.63. The topological polar surface area (TPSA) is 3.24 Å². The van der Waals surface area contributed by atoms with Crippen LogP contribution >= 0.6 is 0 Å². The predicted molar refractivity (Wildman–Crippen MR) is 149 cm³/mol. The average Bonchev–Trinajstić information content (AvgIpc) is 2.91. The SMILES string of the molecule is C=C(/C=C/c1cccc(N(Cc2ccc(-c3ccccc3)cc2)C(=C)C2CCCCC2)c1)CC. The van der Waals surface area contributed by atoms with Crippen LogP contribution < -0.4 is 4.90 Å². The minimum atomic E-state index is 0.566. The number of rotatable bonds is 9. The molecule has 1 saturated carbocycles. The highest BCUT2D eigenvalue weighted by atomic mass is 15.1. The Hall–Kier alpha value is -3.32. The molecule has 0 bridgehead atoms. The van der Waals surface area contributed by atoms with Crippen molar-refractivity contribution in [2.24, 2.45) is 5.92 Å². The summed E-state index contributed by atoms with van der Waals surface area (Å²) in [4.78, 5) is 2.44. The van der Waals surface area contributed by atoms with Crippen molar-refractivity contribution in [1.82, 2.24) is 0 Å². The van der Waals surface area contributed by atoms with Gasteiger partial charge in [-0.15, -0.1) is 0 Å². The Morgan fingerprint density at radius 2 is 1.56 bits per heavy atom. The van der Waals surface area contributed by atoms with Crippen LogP contribution in [0.1, 0.15) is 56.6 Å². The molecule has 3 aromatic rings.